The van der Waals surface area contributed by atoms with Crippen LogP contribution in [0.1, 0.15) is 0 Å². The van der Waals surface area contributed by atoms with E-state index in [1.165, 1.54) is 0 Å². The van der Waals surface area contributed by atoms with E-state index in [4.69, 9.17) is 11.8 Å². The van der Waals surface area contributed by atoms with Gasteiger partial charge in [-0.15, -0.1) is 17.7 Å². The molecular formula is C3H2ClN3OS2. The molecule has 0 bridgehead atoms. The van der Waals surface area contributed by atoms with Crippen molar-refractivity contribution in [1.82, 2.24) is 4.53 Å². The number of carbonyl (C=O) groups excluding carboxylic acids is 1. The quantitative estimate of drug-likeness (QED) is 0.385. The summed E-state index contributed by atoms with van der Waals surface area (Å²) >= 11 is 13.6. The molecule has 1 rings (SSSR count). The molecule has 0 amide bonds. The van der Waals surface area contributed by atoms with Gasteiger partial charge in [-0.05, 0) is 0 Å². The lowest BCUT2D eigenvalue weighted by molar-refractivity contribution is -0.112. The van der Waals surface area contributed by atoms with Crippen LogP contribution < -0.4 is 0 Å². The van der Waals surface area contributed by atoms with Gasteiger partial charge in [0.05, 0.1) is 0 Å². The van der Waals surface area contributed by atoms with Crippen molar-refractivity contribution in [2.45, 2.75) is 6.04 Å². The second kappa shape index (κ2) is 2.81. The standard InChI is InChI=1S/C3H2ClN3OS2/c4-7-1(3(8)10)2(9)5-6-7/h1H,(H,8,10). The summed E-state index contributed by atoms with van der Waals surface area (Å²) < 4.78 is 0.859. The van der Waals surface area contributed by atoms with Gasteiger partial charge in [0.2, 0.25) is 5.12 Å². The van der Waals surface area contributed by atoms with Crippen molar-refractivity contribution in [3.63, 3.8) is 0 Å². The van der Waals surface area contributed by atoms with E-state index in [9.17, 15) is 4.79 Å². The minimum absolute atomic E-state index is 0.148. The maximum atomic E-state index is 10.6. The van der Waals surface area contributed by atoms with E-state index in [0.717, 1.165) is 4.53 Å². The normalized spacial score (nSPS) is 24.0. The number of rotatable bonds is 1. The average molecular weight is 196 g/mol. The molecular weight excluding hydrogens is 194 g/mol. The van der Waals surface area contributed by atoms with Gasteiger partial charge in [0.25, 0.3) is 0 Å². The average Bonchev–Trinajstić information content (AvgIpc) is 2.11. The summed E-state index contributed by atoms with van der Waals surface area (Å²) in [6.07, 6.45) is 0. The molecule has 0 radical (unpaired) electrons. The fourth-order valence-electron chi connectivity index (χ4n) is 0.481. The van der Waals surface area contributed by atoms with Crippen molar-refractivity contribution in [3.05, 3.63) is 0 Å². The largest absolute Gasteiger partial charge is 0.284 e. The van der Waals surface area contributed by atoms with Gasteiger partial charge in [0.1, 0.15) is 0 Å². The number of hydrogen-bond acceptors (Lipinski definition) is 4. The van der Waals surface area contributed by atoms with Crippen LogP contribution in [-0.4, -0.2) is 20.7 Å². The molecule has 1 unspecified atom stereocenters. The molecule has 4 nitrogen and oxygen atoms in total. The molecule has 0 aromatic carbocycles. The highest BCUT2D eigenvalue weighted by Crippen LogP contribution is 2.17. The number of thiol groups is 1. The molecule has 1 atom stereocenters. The molecule has 0 saturated carbocycles. The third-order valence-corrected chi connectivity index (χ3v) is 1.72. The number of nitrogens with zero attached hydrogens (tertiary/aromatic N) is 3. The first kappa shape index (κ1) is 7.90. The summed E-state index contributed by atoms with van der Waals surface area (Å²) in [6.45, 7) is 0. The number of thiocarbonyl (C=S) groups is 1. The van der Waals surface area contributed by atoms with Crippen LogP contribution in [0.4, 0.5) is 0 Å². The highest BCUT2D eigenvalue weighted by molar-refractivity contribution is 7.97. The molecule has 1 aliphatic rings. The van der Waals surface area contributed by atoms with Gasteiger partial charge >= 0.3 is 0 Å². The Morgan fingerprint density at radius 1 is 1.90 bits per heavy atom. The monoisotopic (exact) mass is 195 g/mol. The van der Waals surface area contributed by atoms with Crippen molar-refractivity contribution in [1.29, 1.82) is 0 Å². The Bertz CT molecular complexity index is 218. The van der Waals surface area contributed by atoms with Crippen molar-refractivity contribution in [2.24, 2.45) is 10.3 Å². The van der Waals surface area contributed by atoms with Crippen LogP contribution >= 0.6 is 36.6 Å². The van der Waals surface area contributed by atoms with Crippen molar-refractivity contribution in [2.75, 3.05) is 0 Å². The predicted octanol–water partition coefficient (Wildman–Crippen LogP) is 0.975. The first-order chi connectivity index (χ1) is 4.63. The van der Waals surface area contributed by atoms with Crippen LogP contribution in [0.2, 0.25) is 0 Å². The minimum atomic E-state index is -0.778. The number of carbonyl (C=O) groups is 1. The van der Waals surface area contributed by atoms with Crippen molar-refractivity contribution in [3.8, 4) is 0 Å². The molecule has 0 N–H and O–H groups in total. The van der Waals surface area contributed by atoms with Crippen LogP contribution in [0, 0.1) is 0 Å². The van der Waals surface area contributed by atoms with Gasteiger partial charge in [-0.25, -0.2) is 0 Å². The fourth-order valence-corrected chi connectivity index (χ4v) is 1.38. The van der Waals surface area contributed by atoms with Gasteiger partial charge in [-0.2, -0.15) is 4.53 Å². The second-order valence-corrected chi connectivity index (χ2v) is 2.76. The summed E-state index contributed by atoms with van der Waals surface area (Å²) in [5.41, 5.74) is 0. The molecule has 10 heavy (non-hydrogen) atoms. The van der Waals surface area contributed by atoms with Crippen LogP contribution in [0.3, 0.4) is 0 Å². The minimum Gasteiger partial charge on any atom is -0.284 e. The van der Waals surface area contributed by atoms with E-state index in [1.807, 2.05) is 0 Å². The van der Waals surface area contributed by atoms with Gasteiger partial charge < -0.3 is 0 Å². The zero-order valence-electron chi connectivity index (χ0n) is 4.56. The summed E-state index contributed by atoms with van der Waals surface area (Å²) in [4.78, 5) is 10.7. The summed E-state index contributed by atoms with van der Waals surface area (Å²) in [5.74, 6) is 0. The highest BCUT2D eigenvalue weighted by Gasteiger charge is 2.31. The molecule has 7 heteroatoms. The Kier molecular flexibility index (Phi) is 2.22. The maximum absolute atomic E-state index is 10.6. The summed E-state index contributed by atoms with van der Waals surface area (Å²) in [5, 5.41) is 6.28. The lowest BCUT2D eigenvalue weighted by Gasteiger charge is -2.07. The maximum Gasteiger partial charge on any atom is 0.218 e. The molecule has 0 fully saturated rings. The van der Waals surface area contributed by atoms with Gasteiger partial charge in [-0.1, -0.05) is 17.4 Å². The first-order valence-corrected chi connectivity index (χ1v) is 3.45. The number of hydrogen-bond donors (Lipinski definition) is 1. The van der Waals surface area contributed by atoms with E-state index in [2.05, 4.69) is 35.2 Å². The molecule has 1 heterocycles. The zero-order valence-corrected chi connectivity index (χ0v) is 7.03. The Balaban J connectivity index is 2.79. The Morgan fingerprint density at radius 2 is 2.50 bits per heavy atom. The van der Waals surface area contributed by atoms with Gasteiger partial charge in [-0.3, -0.25) is 4.79 Å². The van der Waals surface area contributed by atoms with E-state index in [-0.39, 0.29) is 4.99 Å². The van der Waals surface area contributed by atoms with Crippen molar-refractivity contribution >= 4 is 46.7 Å². The van der Waals surface area contributed by atoms with E-state index in [0.29, 0.717) is 0 Å². The van der Waals surface area contributed by atoms with Gasteiger partial charge in [0.15, 0.2) is 11.0 Å². The predicted molar refractivity (Wildman–Crippen MR) is 42.9 cm³/mol. The molecule has 0 saturated heterocycles. The lowest BCUT2D eigenvalue weighted by atomic mass is 10.3. The zero-order chi connectivity index (χ0) is 7.72. The summed E-state index contributed by atoms with van der Waals surface area (Å²) in [7, 11) is 0. The lowest BCUT2D eigenvalue weighted by Crippen LogP contribution is -2.30. The smallest absolute Gasteiger partial charge is 0.218 e. The number of halogens is 1. The van der Waals surface area contributed by atoms with E-state index in [1.54, 1.807) is 0 Å². The Labute approximate surface area is 72.7 Å². The molecule has 0 aromatic heterocycles. The molecule has 1 aliphatic heterocycles. The van der Waals surface area contributed by atoms with Crippen molar-refractivity contribution < 1.29 is 4.79 Å². The Morgan fingerprint density at radius 3 is 2.70 bits per heavy atom. The second-order valence-electron chi connectivity index (χ2n) is 1.56. The third-order valence-electron chi connectivity index (χ3n) is 0.910. The fraction of sp³-hybridized carbons (Fsp3) is 0.333. The molecule has 0 aromatic rings. The molecule has 0 aliphatic carbocycles. The third kappa shape index (κ3) is 1.28. The first-order valence-electron chi connectivity index (χ1n) is 2.26. The summed E-state index contributed by atoms with van der Waals surface area (Å²) in [6, 6.07) is -0.778. The van der Waals surface area contributed by atoms with Crippen LogP contribution in [0.15, 0.2) is 10.3 Å². The van der Waals surface area contributed by atoms with E-state index < -0.39 is 11.2 Å². The van der Waals surface area contributed by atoms with Gasteiger partial charge in [0, 0.05) is 11.8 Å². The van der Waals surface area contributed by atoms with E-state index >= 15 is 0 Å². The Hall–Kier alpha value is -0.200. The van der Waals surface area contributed by atoms with Crippen LogP contribution in [0.25, 0.3) is 0 Å². The highest BCUT2D eigenvalue weighted by atomic mass is 35.5. The van der Waals surface area contributed by atoms with Crippen LogP contribution in [-0.2, 0) is 4.79 Å². The molecule has 0 spiro atoms. The topological polar surface area (TPSA) is 45.0 Å². The van der Waals surface area contributed by atoms with Crippen LogP contribution in [0.5, 0.6) is 0 Å². The molecule has 54 valence electrons. The SMILES string of the molecule is O=C(S)C1C(=S)N=NN1Cl.